The molecule has 0 radical (unpaired) electrons. The number of aromatic nitrogens is 1. The van der Waals surface area contributed by atoms with Crippen molar-refractivity contribution in [2.24, 2.45) is 5.92 Å². The van der Waals surface area contributed by atoms with Gasteiger partial charge in [0.2, 0.25) is 0 Å². The molecule has 1 rings (SSSR count). The summed E-state index contributed by atoms with van der Waals surface area (Å²) >= 11 is 0. The monoisotopic (exact) mass is 224 g/mol. The Morgan fingerprint density at radius 2 is 2.12 bits per heavy atom. The van der Waals surface area contributed by atoms with Crippen LogP contribution in [0.3, 0.4) is 0 Å². The van der Waals surface area contributed by atoms with Crippen LogP contribution in [-0.4, -0.2) is 21.0 Å². The van der Waals surface area contributed by atoms with E-state index < -0.39 is 16.8 Å². The number of carboxylic acid groups (broad SMARTS) is 1. The van der Waals surface area contributed by atoms with E-state index in [1.165, 1.54) is 12.1 Å². The number of hydrogen-bond acceptors (Lipinski definition) is 4. The molecule has 0 aliphatic rings. The number of carbonyl (C=O) groups is 1. The Labute approximate surface area is 92.1 Å². The van der Waals surface area contributed by atoms with Crippen LogP contribution in [-0.2, 0) is 4.79 Å². The number of aliphatic carboxylic acids is 1. The van der Waals surface area contributed by atoms with E-state index in [0.29, 0.717) is 5.69 Å². The summed E-state index contributed by atoms with van der Waals surface area (Å²) in [6, 6.07) is 2.65. The molecule has 0 fully saturated rings. The molecule has 0 aliphatic heterocycles. The molecule has 0 saturated carbocycles. The molecule has 0 saturated heterocycles. The smallest absolute Gasteiger partial charge is 0.312 e. The topological polar surface area (TPSA) is 93.3 Å². The minimum atomic E-state index is -0.976. The number of hydrogen-bond donors (Lipinski definition) is 1. The molecular formula is C10H12N2O4. The Morgan fingerprint density at radius 3 is 2.44 bits per heavy atom. The molecule has 1 unspecified atom stereocenters. The minimum absolute atomic E-state index is 0.119. The predicted octanol–water partition coefficient (Wildman–Crippen LogP) is 1.81. The summed E-state index contributed by atoms with van der Waals surface area (Å²) in [5, 5.41) is 19.4. The Balaban J connectivity index is 3.03. The lowest BCUT2D eigenvalue weighted by atomic mass is 9.92. The third-order valence-electron chi connectivity index (χ3n) is 2.23. The van der Waals surface area contributed by atoms with Gasteiger partial charge in [-0.2, -0.15) is 0 Å². The van der Waals surface area contributed by atoms with Crippen molar-refractivity contribution < 1.29 is 14.8 Å². The van der Waals surface area contributed by atoms with Crippen LogP contribution in [0.1, 0.15) is 25.5 Å². The average molecular weight is 224 g/mol. The number of rotatable bonds is 4. The molecule has 1 aromatic heterocycles. The highest BCUT2D eigenvalue weighted by atomic mass is 16.6. The first kappa shape index (κ1) is 12.1. The van der Waals surface area contributed by atoms with E-state index in [0.717, 1.165) is 6.20 Å². The first-order valence-corrected chi connectivity index (χ1v) is 4.76. The molecule has 16 heavy (non-hydrogen) atoms. The highest BCUT2D eigenvalue weighted by Crippen LogP contribution is 2.24. The molecule has 0 amide bonds. The maximum Gasteiger partial charge on any atom is 0.312 e. The van der Waals surface area contributed by atoms with Gasteiger partial charge in [-0.05, 0) is 12.0 Å². The number of nitro groups is 1. The van der Waals surface area contributed by atoms with Crippen LogP contribution in [0.25, 0.3) is 0 Å². The fraction of sp³-hybridized carbons (Fsp3) is 0.400. The average Bonchev–Trinajstić information content (AvgIpc) is 2.17. The summed E-state index contributed by atoms with van der Waals surface area (Å²) < 4.78 is 0. The van der Waals surface area contributed by atoms with E-state index in [1.807, 2.05) is 0 Å². The molecule has 0 aliphatic carbocycles. The maximum absolute atomic E-state index is 11.0. The normalized spacial score (nSPS) is 12.4. The summed E-state index contributed by atoms with van der Waals surface area (Å²) in [6.45, 7) is 3.53. The van der Waals surface area contributed by atoms with Crippen molar-refractivity contribution in [3.63, 3.8) is 0 Å². The summed E-state index contributed by atoms with van der Waals surface area (Å²) in [5.74, 6) is -1.83. The summed E-state index contributed by atoms with van der Waals surface area (Å²) in [6.07, 6.45) is 1.08. The second-order valence-electron chi connectivity index (χ2n) is 3.76. The first-order chi connectivity index (χ1) is 7.43. The van der Waals surface area contributed by atoms with Gasteiger partial charge in [-0.15, -0.1) is 0 Å². The summed E-state index contributed by atoms with van der Waals surface area (Å²) in [5.41, 5.74) is 0.199. The quantitative estimate of drug-likeness (QED) is 0.621. The Hall–Kier alpha value is -1.98. The second-order valence-corrected chi connectivity index (χ2v) is 3.76. The van der Waals surface area contributed by atoms with Gasteiger partial charge in [0.15, 0.2) is 0 Å². The van der Waals surface area contributed by atoms with Crippen LogP contribution in [0, 0.1) is 16.0 Å². The molecule has 6 nitrogen and oxygen atoms in total. The van der Waals surface area contributed by atoms with Crippen LogP contribution >= 0.6 is 0 Å². The second kappa shape index (κ2) is 4.69. The zero-order valence-electron chi connectivity index (χ0n) is 8.95. The number of pyridine rings is 1. The van der Waals surface area contributed by atoms with Gasteiger partial charge >= 0.3 is 5.97 Å². The molecule has 1 N–H and O–H groups in total. The fourth-order valence-corrected chi connectivity index (χ4v) is 1.44. The predicted molar refractivity (Wildman–Crippen MR) is 56.1 cm³/mol. The summed E-state index contributed by atoms with van der Waals surface area (Å²) in [7, 11) is 0. The summed E-state index contributed by atoms with van der Waals surface area (Å²) in [4.78, 5) is 24.6. The third-order valence-corrected chi connectivity index (χ3v) is 2.23. The van der Waals surface area contributed by atoms with Crippen LogP contribution in [0.2, 0.25) is 0 Å². The lowest BCUT2D eigenvalue weighted by molar-refractivity contribution is -0.385. The molecule has 0 bridgehead atoms. The van der Waals surface area contributed by atoms with E-state index in [-0.39, 0.29) is 11.6 Å². The zero-order valence-corrected chi connectivity index (χ0v) is 8.95. The molecule has 0 spiro atoms. The van der Waals surface area contributed by atoms with Crippen LogP contribution < -0.4 is 0 Å². The van der Waals surface area contributed by atoms with Crippen molar-refractivity contribution >= 4 is 11.7 Å². The van der Waals surface area contributed by atoms with E-state index in [1.54, 1.807) is 13.8 Å². The highest BCUT2D eigenvalue weighted by Gasteiger charge is 2.25. The lowest BCUT2D eigenvalue weighted by Gasteiger charge is -2.14. The van der Waals surface area contributed by atoms with Crippen LogP contribution in [0.15, 0.2) is 18.3 Å². The number of nitrogens with zero attached hydrogens (tertiary/aromatic N) is 2. The Morgan fingerprint density at radius 1 is 1.50 bits per heavy atom. The van der Waals surface area contributed by atoms with Gasteiger partial charge < -0.3 is 5.11 Å². The van der Waals surface area contributed by atoms with E-state index in [4.69, 9.17) is 5.11 Å². The van der Waals surface area contributed by atoms with Crippen LogP contribution in [0.4, 0.5) is 5.69 Å². The molecule has 1 atom stereocenters. The van der Waals surface area contributed by atoms with Gasteiger partial charge in [0, 0.05) is 6.07 Å². The fourth-order valence-electron chi connectivity index (χ4n) is 1.44. The standard InChI is InChI=1S/C10H12N2O4/c1-6(2)9(10(13)14)8-4-3-7(5-11-8)12(15)16/h3-6,9H,1-2H3,(H,13,14). The minimum Gasteiger partial charge on any atom is -0.481 e. The largest absolute Gasteiger partial charge is 0.481 e. The molecule has 6 heteroatoms. The van der Waals surface area contributed by atoms with E-state index in [9.17, 15) is 14.9 Å². The van der Waals surface area contributed by atoms with Gasteiger partial charge in [-0.3, -0.25) is 19.9 Å². The van der Waals surface area contributed by atoms with Crippen molar-refractivity contribution in [1.82, 2.24) is 4.98 Å². The lowest BCUT2D eigenvalue weighted by Crippen LogP contribution is -2.18. The zero-order chi connectivity index (χ0) is 12.3. The third kappa shape index (κ3) is 2.53. The van der Waals surface area contributed by atoms with Crippen molar-refractivity contribution in [2.45, 2.75) is 19.8 Å². The molecule has 0 aromatic carbocycles. The maximum atomic E-state index is 11.0. The Kier molecular flexibility index (Phi) is 3.55. The van der Waals surface area contributed by atoms with Gasteiger partial charge in [0.1, 0.15) is 12.1 Å². The Bertz CT molecular complexity index is 400. The molecular weight excluding hydrogens is 212 g/mol. The van der Waals surface area contributed by atoms with E-state index >= 15 is 0 Å². The van der Waals surface area contributed by atoms with Gasteiger partial charge in [0.25, 0.3) is 5.69 Å². The SMILES string of the molecule is CC(C)C(C(=O)O)c1ccc([N+](=O)[O-])cn1. The highest BCUT2D eigenvalue weighted by molar-refractivity contribution is 5.75. The first-order valence-electron chi connectivity index (χ1n) is 4.76. The van der Waals surface area contributed by atoms with Crippen LogP contribution in [0.5, 0.6) is 0 Å². The van der Waals surface area contributed by atoms with E-state index in [2.05, 4.69) is 4.98 Å². The molecule has 1 heterocycles. The van der Waals surface area contributed by atoms with Crippen molar-refractivity contribution in [3.05, 3.63) is 34.1 Å². The molecule has 1 aromatic rings. The van der Waals surface area contributed by atoms with Crippen molar-refractivity contribution in [3.8, 4) is 0 Å². The van der Waals surface area contributed by atoms with Crippen molar-refractivity contribution in [2.75, 3.05) is 0 Å². The van der Waals surface area contributed by atoms with Crippen molar-refractivity contribution in [1.29, 1.82) is 0 Å². The van der Waals surface area contributed by atoms with Gasteiger partial charge in [-0.25, -0.2) is 0 Å². The van der Waals surface area contributed by atoms with Gasteiger partial charge in [0.05, 0.1) is 10.6 Å². The number of carboxylic acids is 1. The molecule has 86 valence electrons. The van der Waals surface area contributed by atoms with Gasteiger partial charge in [-0.1, -0.05) is 13.8 Å².